The molecule has 0 fully saturated rings. The molecule has 0 N–H and O–H groups in total. The maximum atomic E-state index is 12.9. The summed E-state index contributed by atoms with van der Waals surface area (Å²) < 4.78 is 17.5. The van der Waals surface area contributed by atoms with Crippen LogP contribution in [0, 0.1) is 23.2 Å². The molecule has 0 bridgehead atoms. The van der Waals surface area contributed by atoms with Gasteiger partial charge in [-0.15, -0.1) is 0 Å². The highest BCUT2D eigenvalue weighted by Gasteiger charge is 2.36. The van der Waals surface area contributed by atoms with Crippen molar-refractivity contribution in [2.24, 2.45) is 23.2 Å². The molecule has 0 aliphatic rings. The molecule has 6 heteroatoms. The first-order valence-corrected chi connectivity index (χ1v) is 14.8. The molecule has 0 unspecified atom stereocenters. The number of rotatable bonds is 22. The van der Waals surface area contributed by atoms with Gasteiger partial charge < -0.3 is 14.2 Å². The van der Waals surface area contributed by atoms with Crippen molar-refractivity contribution in [3.8, 4) is 0 Å². The fraction of sp³-hybridized carbons (Fsp3) is 0.900. The molecule has 212 valence electrons. The molecule has 0 atom stereocenters. The average molecular weight is 513 g/mol. The third kappa shape index (κ3) is 13.1. The number of esters is 3. The second-order valence-corrected chi connectivity index (χ2v) is 10.5. The first-order chi connectivity index (χ1) is 17.3. The zero-order valence-corrected chi connectivity index (χ0v) is 24.5. The predicted octanol–water partition coefficient (Wildman–Crippen LogP) is 7.66. The molecule has 0 aliphatic carbocycles. The van der Waals surface area contributed by atoms with E-state index in [0.717, 1.165) is 77.0 Å². The van der Waals surface area contributed by atoms with Gasteiger partial charge in [0.25, 0.3) is 0 Å². The Kier molecular flexibility index (Phi) is 19.6. The molecule has 6 nitrogen and oxygen atoms in total. The minimum Gasteiger partial charge on any atom is -0.465 e. The molecule has 0 saturated carbocycles. The van der Waals surface area contributed by atoms with Crippen LogP contribution in [-0.4, -0.2) is 37.7 Å². The molecule has 0 rings (SSSR count). The Hall–Kier alpha value is -1.59. The number of carbonyl (C=O) groups is 3. The Morgan fingerprint density at radius 2 is 0.694 bits per heavy atom. The average Bonchev–Trinajstić information content (AvgIpc) is 2.87. The highest BCUT2D eigenvalue weighted by molar-refractivity contribution is 5.73. The monoisotopic (exact) mass is 512 g/mol. The highest BCUT2D eigenvalue weighted by Crippen LogP contribution is 2.28. The summed E-state index contributed by atoms with van der Waals surface area (Å²) in [5, 5.41) is 0. The molecule has 0 aliphatic heterocycles. The van der Waals surface area contributed by atoms with Gasteiger partial charge in [0, 0.05) is 0 Å². The highest BCUT2D eigenvalue weighted by atomic mass is 16.6. The lowest BCUT2D eigenvalue weighted by Crippen LogP contribution is -2.41. The molecular formula is C30H56O6. The second kappa shape index (κ2) is 20.5. The third-order valence-electron chi connectivity index (χ3n) is 7.13. The Bertz CT molecular complexity index is 505. The minimum atomic E-state index is -0.754. The van der Waals surface area contributed by atoms with E-state index in [-0.39, 0.29) is 55.5 Å². The Balaban J connectivity index is 5.59. The second-order valence-electron chi connectivity index (χ2n) is 10.5. The van der Waals surface area contributed by atoms with Crippen molar-refractivity contribution in [1.82, 2.24) is 0 Å². The maximum Gasteiger partial charge on any atom is 0.308 e. The van der Waals surface area contributed by atoms with E-state index in [2.05, 4.69) is 41.5 Å². The molecule has 0 aromatic heterocycles. The zero-order chi connectivity index (χ0) is 27.4. The summed E-state index contributed by atoms with van der Waals surface area (Å²) in [6.45, 7) is 14.6. The van der Waals surface area contributed by atoms with Crippen LogP contribution in [0.4, 0.5) is 0 Å². The first kappa shape index (κ1) is 34.4. The van der Waals surface area contributed by atoms with E-state index < -0.39 is 5.41 Å². The van der Waals surface area contributed by atoms with Gasteiger partial charge in [0.15, 0.2) is 0 Å². The number of carbonyl (C=O) groups excluding carboxylic acids is 3. The largest absolute Gasteiger partial charge is 0.465 e. The fourth-order valence-electron chi connectivity index (χ4n) is 4.69. The van der Waals surface area contributed by atoms with Gasteiger partial charge in [-0.1, -0.05) is 87.0 Å². The summed E-state index contributed by atoms with van der Waals surface area (Å²) in [5.74, 6) is -1.01. The van der Waals surface area contributed by atoms with Crippen LogP contribution in [0.3, 0.4) is 0 Å². The SMILES string of the molecule is CCCC(CCC)C(=O)OCC(CC)(COC(=O)C(CCC)CCC)COC(=O)C(CCC)CCC. The molecule has 0 amide bonds. The summed E-state index contributed by atoms with van der Waals surface area (Å²) in [6.07, 6.45) is 10.8. The summed E-state index contributed by atoms with van der Waals surface area (Å²) in [7, 11) is 0. The molecule has 0 heterocycles. The van der Waals surface area contributed by atoms with Gasteiger partial charge in [-0.3, -0.25) is 14.4 Å². The van der Waals surface area contributed by atoms with Crippen LogP contribution < -0.4 is 0 Å². The van der Waals surface area contributed by atoms with E-state index in [0.29, 0.717) is 6.42 Å². The molecule has 0 aromatic carbocycles. The van der Waals surface area contributed by atoms with Gasteiger partial charge in [-0.05, 0) is 44.9 Å². The molecule has 36 heavy (non-hydrogen) atoms. The lowest BCUT2D eigenvalue weighted by atomic mass is 9.87. The Morgan fingerprint density at radius 3 is 0.861 bits per heavy atom. The topological polar surface area (TPSA) is 78.9 Å². The van der Waals surface area contributed by atoms with E-state index in [4.69, 9.17) is 14.2 Å². The van der Waals surface area contributed by atoms with Crippen molar-refractivity contribution in [3.05, 3.63) is 0 Å². The predicted molar refractivity (Wildman–Crippen MR) is 146 cm³/mol. The van der Waals surface area contributed by atoms with Crippen LogP contribution in [0.25, 0.3) is 0 Å². The lowest BCUT2D eigenvalue weighted by Gasteiger charge is -2.32. The van der Waals surface area contributed by atoms with Crippen molar-refractivity contribution in [2.45, 2.75) is 132 Å². The molecular weight excluding hydrogens is 456 g/mol. The van der Waals surface area contributed by atoms with Gasteiger partial charge in [-0.25, -0.2) is 0 Å². The van der Waals surface area contributed by atoms with Gasteiger partial charge in [0.05, 0.1) is 23.2 Å². The van der Waals surface area contributed by atoms with Gasteiger partial charge in [0.2, 0.25) is 0 Å². The standard InChI is InChI=1S/C30H56O6/c1-8-15-24(16-9-2)27(31)34-21-30(14-7,22-35-28(32)25(17-10-3)18-11-4)23-36-29(33)26(19-12-5)20-13-6/h24-26H,8-23H2,1-7H3. The molecule has 0 spiro atoms. The van der Waals surface area contributed by atoms with Crippen molar-refractivity contribution < 1.29 is 28.6 Å². The third-order valence-corrected chi connectivity index (χ3v) is 7.13. The Labute approximate surface area is 221 Å². The summed E-state index contributed by atoms with van der Waals surface area (Å²) in [4.78, 5) is 38.6. The van der Waals surface area contributed by atoms with Crippen LogP contribution >= 0.6 is 0 Å². The van der Waals surface area contributed by atoms with E-state index in [1.165, 1.54) is 0 Å². The van der Waals surface area contributed by atoms with Crippen LogP contribution in [-0.2, 0) is 28.6 Å². The van der Waals surface area contributed by atoms with Gasteiger partial charge >= 0.3 is 17.9 Å². The summed E-state index contributed by atoms with van der Waals surface area (Å²) >= 11 is 0. The van der Waals surface area contributed by atoms with Crippen molar-refractivity contribution >= 4 is 17.9 Å². The van der Waals surface area contributed by atoms with Crippen LogP contribution in [0.5, 0.6) is 0 Å². The van der Waals surface area contributed by atoms with Crippen LogP contribution in [0.1, 0.15) is 132 Å². The summed E-state index contributed by atoms with van der Waals surface area (Å²) in [6, 6.07) is 0. The normalized spacial score (nSPS) is 11.8. The first-order valence-electron chi connectivity index (χ1n) is 14.8. The number of ether oxygens (including phenoxy) is 3. The molecule has 0 radical (unpaired) electrons. The van der Waals surface area contributed by atoms with E-state index in [9.17, 15) is 14.4 Å². The van der Waals surface area contributed by atoms with Crippen LogP contribution in [0.2, 0.25) is 0 Å². The summed E-state index contributed by atoms with van der Waals surface area (Å²) in [5.41, 5.74) is -0.754. The van der Waals surface area contributed by atoms with E-state index in [1.807, 2.05) is 6.92 Å². The van der Waals surface area contributed by atoms with E-state index >= 15 is 0 Å². The van der Waals surface area contributed by atoms with Gasteiger partial charge in [0.1, 0.15) is 19.8 Å². The van der Waals surface area contributed by atoms with E-state index in [1.54, 1.807) is 0 Å². The van der Waals surface area contributed by atoms with Crippen molar-refractivity contribution in [3.63, 3.8) is 0 Å². The smallest absolute Gasteiger partial charge is 0.308 e. The number of hydrogen-bond acceptors (Lipinski definition) is 6. The number of hydrogen-bond donors (Lipinski definition) is 0. The zero-order valence-electron chi connectivity index (χ0n) is 24.5. The fourth-order valence-corrected chi connectivity index (χ4v) is 4.69. The minimum absolute atomic E-state index is 0.0747. The van der Waals surface area contributed by atoms with Gasteiger partial charge in [-0.2, -0.15) is 0 Å². The molecule has 0 saturated heterocycles. The maximum absolute atomic E-state index is 12.9. The molecule has 0 aromatic rings. The van der Waals surface area contributed by atoms with Crippen molar-refractivity contribution in [1.29, 1.82) is 0 Å². The Morgan fingerprint density at radius 1 is 0.472 bits per heavy atom. The quantitative estimate of drug-likeness (QED) is 0.109. The van der Waals surface area contributed by atoms with Crippen LogP contribution in [0.15, 0.2) is 0 Å². The lowest BCUT2D eigenvalue weighted by molar-refractivity contribution is -0.168. The van der Waals surface area contributed by atoms with Crippen molar-refractivity contribution in [2.75, 3.05) is 19.8 Å².